The molecule has 5 aromatic rings. The molecular formula is C46H63N12O16P2Si+. The number of fused-ring (bicyclic) bond motifs is 2. The molecule has 416 valence electrons. The van der Waals surface area contributed by atoms with Crippen molar-refractivity contribution >= 4 is 76.5 Å². The molecule has 2 unspecified atom stereocenters. The van der Waals surface area contributed by atoms with E-state index in [0.717, 1.165) is 6.33 Å². The number of alkyl carbamates (subject to hydrolysis) is 1. The van der Waals surface area contributed by atoms with Gasteiger partial charge in [0.2, 0.25) is 30.3 Å². The van der Waals surface area contributed by atoms with Crippen LogP contribution in [0.25, 0.3) is 27.2 Å². The number of nitrogens with one attached hydrogen (secondary N) is 5. The summed E-state index contributed by atoms with van der Waals surface area (Å²) in [4.78, 5) is 102. The highest BCUT2D eigenvalue weighted by Gasteiger charge is 2.56. The molecule has 0 saturated carbocycles. The molecule has 6 N–H and O–H groups in total. The summed E-state index contributed by atoms with van der Waals surface area (Å²) in [7, 11) is -11.3. The fourth-order valence-electron chi connectivity index (χ4n) is 7.90. The quantitative estimate of drug-likeness (QED) is 0.0206. The van der Waals surface area contributed by atoms with Gasteiger partial charge >= 0.3 is 22.2 Å². The predicted molar refractivity (Wildman–Crippen MR) is 278 cm³/mol. The number of aromatic nitrogens is 8. The van der Waals surface area contributed by atoms with Gasteiger partial charge in [-0.3, -0.25) is 62.5 Å². The van der Waals surface area contributed by atoms with E-state index in [-0.39, 0.29) is 53.8 Å². The van der Waals surface area contributed by atoms with Crippen LogP contribution >= 0.6 is 16.1 Å². The number of rotatable bonds is 22. The first-order valence-electron chi connectivity index (χ1n) is 24.6. The van der Waals surface area contributed by atoms with Gasteiger partial charge in [0.1, 0.15) is 37.6 Å². The minimum absolute atomic E-state index is 0.0141. The average molecular weight is 1130 g/mol. The van der Waals surface area contributed by atoms with Gasteiger partial charge in [0.15, 0.2) is 49.2 Å². The first-order chi connectivity index (χ1) is 36.3. The standard InChI is InChI=1S/C46H62N12O16P2Si/c1-12-27-33(34(74-77(10,11)46(6,7)8)42(70-27)58-23-49-31-36(58)52-44(56-40(31)62)54-38(60)25(4)5)73-76(66,68-19-18-47-9)69-21-28-32(72-75(64)65)29(50-45(63)67-20-26-16-14-13-15-17-26)41(71-28)57-22-48-30-35(57)51-43(55-39(30)61)53-37(59)24(2)3/h13-17,22-25,27-29,32-34,41-42H,12,18-21H2,1-8,10-11H3,(H5-,50,51,52,53,54,55,56,59,60,61,62,63,64,65)/p+1/t27-,28-,29-,32-,33-,34-,41-,42-,76?/m1/s1. The lowest BCUT2D eigenvalue weighted by molar-refractivity contribution is -0.119. The fraction of sp³-hybridized carbons (Fsp3) is 0.565. The van der Waals surface area contributed by atoms with E-state index in [2.05, 4.69) is 50.7 Å². The number of ether oxygens (including phenoxy) is 3. The largest absolute Gasteiger partial charge is 0.695 e. The molecule has 10 atom stereocenters. The van der Waals surface area contributed by atoms with Crippen LogP contribution in [0.2, 0.25) is 18.1 Å². The monoisotopic (exact) mass is 1130 g/mol. The van der Waals surface area contributed by atoms with Crippen molar-refractivity contribution < 1.29 is 65.1 Å². The highest BCUT2D eigenvalue weighted by molar-refractivity contribution is 7.48. The van der Waals surface area contributed by atoms with Crippen LogP contribution < -0.4 is 27.1 Å². The zero-order chi connectivity index (χ0) is 56.1. The Morgan fingerprint density at radius 2 is 1.44 bits per heavy atom. The highest BCUT2D eigenvalue weighted by atomic mass is 31.2. The highest BCUT2D eigenvalue weighted by Crippen LogP contribution is 2.55. The van der Waals surface area contributed by atoms with Gasteiger partial charge in [0, 0.05) is 16.4 Å². The second-order valence-electron chi connectivity index (χ2n) is 20.2. The Morgan fingerprint density at radius 1 is 0.883 bits per heavy atom. The Labute approximate surface area is 443 Å². The second-order valence-corrected chi connectivity index (χ2v) is 27.3. The van der Waals surface area contributed by atoms with Crippen LogP contribution in [0.4, 0.5) is 16.7 Å². The van der Waals surface area contributed by atoms with Crippen LogP contribution in [0.15, 0.2) is 52.6 Å². The summed E-state index contributed by atoms with van der Waals surface area (Å²) >= 11 is 0. The normalized spacial score (nSPS) is 22.8. The number of anilines is 2. The number of nitrogens with zero attached hydrogens (tertiary/aromatic N) is 7. The van der Waals surface area contributed by atoms with E-state index in [4.69, 9.17) is 43.3 Å². The van der Waals surface area contributed by atoms with Gasteiger partial charge in [0.25, 0.3) is 11.1 Å². The third kappa shape index (κ3) is 13.6. The van der Waals surface area contributed by atoms with Crippen molar-refractivity contribution in [3.05, 3.63) is 80.7 Å². The van der Waals surface area contributed by atoms with E-state index in [1.54, 1.807) is 65.0 Å². The SMILES string of the molecule is [C-]#[N+]CCOP(=O)(OC[C@H]1O[C@@H](n2cnc3c(=O)[nH]c(NC(=O)C(C)C)nc32)[C@H](NC(=O)OCc2ccccc2)[C@@H]1O[P+](=O)O)O[C@H]1[C@@H](O[Si](C)(C)C(C)(C)C)[C@H](n2cnc3c(=O)[nH]c(NC(=O)C(C)C)nc32)O[C@@H]1CC. The number of hydrogen-bond donors (Lipinski definition) is 6. The zero-order valence-corrected chi connectivity index (χ0v) is 46.7. The van der Waals surface area contributed by atoms with E-state index in [9.17, 15) is 33.4 Å². The van der Waals surface area contributed by atoms with Crippen LogP contribution in [0.3, 0.4) is 0 Å². The number of carbonyl (C=O) groups excluding carboxylic acids is 3. The molecule has 4 aromatic heterocycles. The van der Waals surface area contributed by atoms with Crippen molar-refractivity contribution in [2.75, 3.05) is 30.4 Å². The van der Waals surface area contributed by atoms with E-state index in [1.165, 1.54) is 15.5 Å². The number of hydrogen-bond acceptors (Lipinski definition) is 19. The van der Waals surface area contributed by atoms with Crippen LogP contribution in [0.1, 0.15) is 79.8 Å². The number of benzene rings is 1. The molecule has 0 aliphatic carbocycles. The Balaban J connectivity index is 1.26. The third-order valence-corrected chi connectivity index (χ3v) is 19.4. The van der Waals surface area contributed by atoms with Crippen LogP contribution in [-0.2, 0) is 62.1 Å². The number of carbonyl (C=O) groups is 3. The fourth-order valence-corrected chi connectivity index (χ4v) is 11.0. The van der Waals surface area contributed by atoms with Crippen molar-refractivity contribution in [2.45, 2.75) is 136 Å². The number of H-pyrrole nitrogens is 2. The van der Waals surface area contributed by atoms with Crippen molar-refractivity contribution in [2.24, 2.45) is 11.8 Å². The van der Waals surface area contributed by atoms with E-state index < -0.39 is 133 Å². The zero-order valence-electron chi connectivity index (χ0n) is 43.9. The Kier molecular flexibility index (Phi) is 18.4. The summed E-state index contributed by atoms with van der Waals surface area (Å²) in [5, 5.41) is 7.33. The minimum Gasteiger partial charge on any atom is -0.445 e. The molecule has 7 rings (SSSR count). The molecule has 3 amide bonds. The van der Waals surface area contributed by atoms with E-state index in [0.29, 0.717) is 5.56 Å². The van der Waals surface area contributed by atoms with Gasteiger partial charge < -0.3 is 28.8 Å². The summed E-state index contributed by atoms with van der Waals surface area (Å²) in [5.41, 5.74) is -1.25. The summed E-state index contributed by atoms with van der Waals surface area (Å²) in [6.45, 7) is 24.0. The molecule has 28 nitrogen and oxygen atoms in total. The first kappa shape index (κ1) is 58.5. The molecule has 1 aromatic carbocycles. The number of phosphoric acid groups is 1. The molecule has 2 fully saturated rings. The van der Waals surface area contributed by atoms with Crippen LogP contribution in [0, 0.1) is 18.4 Å². The van der Waals surface area contributed by atoms with Crippen molar-refractivity contribution in [1.29, 1.82) is 0 Å². The molecule has 6 heterocycles. The molecule has 2 aliphatic heterocycles. The van der Waals surface area contributed by atoms with Gasteiger partial charge in [-0.25, -0.2) is 25.9 Å². The molecule has 0 bridgehead atoms. The number of imidazole rings is 2. The van der Waals surface area contributed by atoms with E-state index in [1.807, 2.05) is 33.9 Å². The Morgan fingerprint density at radius 3 is 1.96 bits per heavy atom. The van der Waals surface area contributed by atoms with Crippen molar-refractivity contribution in [3.63, 3.8) is 0 Å². The first-order valence-corrected chi connectivity index (χ1v) is 30.1. The summed E-state index contributed by atoms with van der Waals surface area (Å²) < 4.78 is 80.3. The number of aromatic amines is 2. The number of amides is 3. The maximum atomic E-state index is 15.3. The summed E-state index contributed by atoms with van der Waals surface area (Å²) in [6.07, 6.45) is -7.61. The van der Waals surface area contributed by atoms with Gasteiger partial charge in [-0.1, -0.05) is 85.7 Å². The molecule has 31 heteroatoms. The topological polar surface area (TPSA) is 347 Å². The molecule has 2 aliphatic rings. The molecule has 77 heavy (non-hydrogen) atoms. The van der Waals surface area contributed by atoms with E-state index >= 15 is 4.57 Å². The van der Waals surface area contributed by atoms with Gasteiger partial charge in [-0.05, 0) is 30.1 Å². The van der Waals surface area contributed by atoms with Crippen LogP contribution in [-0.4, -0.2) is 126 Å². The molecule has 0 radical (unpaired) electrons. The summed E-state index contributed by atoms with van der Waals surface area (Å²) in [6, 6.07) is 7.20. The molecule has 2 saturated heterocycles. The van der Waals surface area contributed by atoms with Gasteiger partial charge in [-0.2, -0.15) is 9.97 Å². The maximum Gasteiger partial charge on any atom is 0.695 e. The lowest BCUT2D eigenvalue weighted by Gasteiger charge is -2.40. The average Bonchev–Trinajstić information content (AvgIpc) is 4.20. The minimum atomic E-state index is -4.97. The predicted octanol–water partition coefficient (Wildman–Crippen LogP) is 5.81. The Hall–Kier alpha value is -6.15. The van der Waals surface area contributed by atoms with Gasteiger partial charge in [-0.15, -0.1) is 9.42 Å². The van der Waals surface area contributed by atoms with Crippen molar-refractivity contribution in [1.82, 2.24) is 44.4 Å². The third-order valence-electron chi connectivity index (χ3n) is 13.0. The second kappa shape index (κ2) is 24.2. The number of phosphoric ester groups is 1. The van der Waals surface area contributed by atoms with Crippen molar-refractivity contribution in [3.8, 4) is 0 Å². The van der Waals surface area contributed by atoms with Crippen LogP contribution in [0.5, 0.6) is 0 Å². The molecule has 0 spiro atoms. The van der Waals surface area contributed by atoms with Gasteiger partial charge in [0.05, 0.1) is 25.4 Å². The Bertz CT molecular complexity index is 3180. The summed E-state index contributed by atoms with van der Waals surface area (Å²) in [5.74, 6) is -2.25. The lowest BCUT2D eigenvalue weighted by atomic mass is 10.1. The lowest BCUT2D eigenvalue weighted by Crippen LogP contribution is -2.49. The maximum absolute atomic E-state index is 15.3. The smallest absolute Gasteiger partial charge is 0.445 e. The molecular weight excluding hydrogens is 1070 g/mol.